The van der Waals surface area contributed by atoms with E-state index < -0.39 is 0 Å². The predicted octanol–water partition coefficient (Wildman–Crippen LogP) is 6.16. The Morgan fingerprint density at radius 3 is 2.44 bits per heavy atom. The molecule has 0 radical (unpaired) electrons. The number of hydrogen-bond donors (Lipinski definition) is 2. The fourth-order valence-electron chi connectivity index (χ4n) is 2.96. The minimum absolute atomic E-state index is 0. The number of nitrogens with zero attached hydrogens (tertiary/aromatic N) is 1. The molecule has 2 rings (SSSR count). The van der Waals surface area contributed by atoms with Crippen molar-refractivity contribution in [2.45, 2.75) is 71.1 Å². The van der Waals surface area contributed by atoms with Gasteiger partial charge in [0, 0.05) is 6.54 Å². The van der Waals surface area contributed by atoms with Crippen LogP contribution in [0.4, 0.5) is 5.13 Å². The quantitative estimate of drug-likeness (QED) is 0.407. The fourth-order valence-corrected chi connectivity index (χ4v) is 3.92. The molecule has 0 aliphatic carbocycles. The van der Waals surface area contributed by atoms with Crippen LogP contribution in [0.15, 0.2) is 18.2 Å². The van der Waals surface area contributed by atoms with Gasteiger partial charge in [-0.3, -0.25) is 0 Å². The summed E-state index contributed by atoms with van der Waals surface area (Å²) in [5.74, 6) is 0. The van der Waals surface area contributed by atoms with E-state index in [9.17, 15) is 0 Å². The van der Waals surface area contributed by atoms with Crippen molar-refractivity contribution < 1.29 is 0 Å². The lowest BCUT2D eigenvalue weighted by molar-refractivity contribution is 0.575. The van der Waals surface area contributed by atoms with Crippen LogP contribution in [0.5, 0.6) is 0 Å². The zero-order chi connectivity index (χ0) is 17.0. The number of fused-ring (bicyclic) bond motifs is 1. The third-order valence-electron chi connectivity index (χ3n) is 4.43. The van der Waals surface area contributed by atoms with Crippen LogP contribution in [0.1, 0.15) is 70.3 Å². The van der Waals surface area contributed by atoms with Crippen LogP contribution in [0.25, 0.3) is 10.2 Å². The van der Waals surface area contributed by atoms with Crippen molar-refractivity contribution in [3.8, 4) is 0 Å². The van der Waals surface area contributed by atoms with Gasteiger partial charge >= 0.3 is 0 Å². The smallest absolute Gasteiger partial charge is 0.183 e. The van der Waals surface area contributed by atoms with Crippen LogP contribution < -0.4 is 11.1 Å². The molecule has 1 heterocycles. The van der Waals surface area contributed by atoms with Gasteiger partial charge in [0.2, 0.25) is 0 Å². The summed E-state index contributed by atoms with van der Waals surface area (Å²) >= 11 is 1.75. The lowest BCUT2D eigenvalue weighted by Gasteiger charge is -2.02. The summed E-state index contributed by atoms with van der Waals surface area (Å²) in [7, 11) is 0. The van der Waals surface area contributed by atoms with Crippen molar-refractivity contribution >= 4 is 39.1 Å². The van der Waals surface area contributed by atoms with E-state index in [-0.39, 0.29) is 12.4 Å². The molecule has 0 unspecified atom stereocenters. The first-order valence-corrected chi connectivity index (χ1v) is 10.5. The molecule has 25 heavy (non-hydrogen) atoms. The first-order chi connectivity index (χ1) is 11.8. The highest BCUT2D eigenvalue weighted by Crippen LogP contribution is 2.27. The summed E-state index contributed by atoms with van der Waals surface area (Å²) in [5.41, 5.74) is 8.08. The number of benzene rings is 1. The van der Waals surface area contributed by atoms with Gasteiger partial charge < -0.3 is 11.1 Å². The van der Waals surface area contributed by atoms with E-state index in [1.807, 2.05) is 0 Å². The van der Waals surface area contributed by atoms with Gasteiger partial charge in [-0.2, -0.15) is 0 Å². The lowest BCUT2D eigenvalue weighted by atomic mass is 10.0. The highest BCUT2D eigenvalue weighted by atomic mass is 35.5. The van der Waals surface area contributed by atoms with Crippen LogP contribution in [0, 0.1) is 0 Å². The Balaban J connectivity index is 0.00000312. The molecule has 0 saturated heterocycles. The average molecular weight is 384 g/mol. The molecule has 1 aromatic carbocycles. The Kier molecular flexibility index (Phi) is 11.9. The van der Waals surface area contributed by atoms with E-state index in [1.165, 1.54) is 68.1 Å². The zero-order valence-electron chi connectivity index (χ0n) is 15.6. The molecule has 0 saturated carbocycles. The van der Waals surface area contributed by atoms with Crippen LogP contribution in [-0.2, 0) is 6.42 Å². The molecular formula is C20H34ClN3S. The van der Waals surface area contributed by atoms with Gasteiger partial charge in [-0.05, 0) is 43.5 Å². The first kappa shape index (κ1) is 22.2. The first-order valence-electron chi connectivity index (χ1n) is 9.67. The molecule has 0 bridgehead atoms. The second kappa shape index (κ2) is 13.4. The number of aromatic nitrogens is 1. The lowest BCUT2D eigenvalue weighted by Crippen LogP contribution is -2.07. The highest BCUT2D eigenvalue weighted by Gasteiger charge is 2.04. The Hall–Kier alpha value is -0.840. The second-order valence-corrected chi connectivity index (χ2v) is 7.65. The number of unbranched alkanes of at least 4 members (excludes halogenated alkanes) is 7. The van der Waals surface area contributed by atoms with E-state index in [0.717, 1.165) is 30.2 Å². The molecule has 0 spiro atoms. The predicted molar refractivity (Wildman–Crippen MR) is 115 cm³/mol. The molecule has 1 aromatic heterocycles. The summed E-state index contributed by atoms with van der Waals surface area (Å²) in [6.45, 7) is 3.90. The number of halogens is 1. The third-order valence-corrected chi connectivity index (χ3v) is 5.40. The molecule has 0 aliphatic rings. The summed E-state index contributed by atoms with van der Waals surface area (Å²) in [6, 6.07) is 6.73. The Labute approximate surface area is 163 Å². The van der Waals surface area contributed by atoms with Crippen molar-refractivity contribution in [1.29, 1.82) is 0 Å². The molecule has 3 N–H and O–H groups in total. The third kappa shape index (κ3) is 8.39. The second-order valence-electron chi connectivity index (χ2n) is 6.61. The summed E-state index contributed by atoms with van der Waals surface area (Å²) in [4.78, 5) is 4.64. The molecule has 142 valence electrons. The van der Waals surface area contributed by atoms with E-state index in [4.69, 9.17) is 5.73 Å². The van der Waals surface area contributed by atoms with Gasteiger partial charge in [0.15, 0.2) is 5.13 Å². The maximum Gasteiger partial charge on any atom is 0.183 e. The standard InChI is InChI=1S/C20H33N3S.ClH/c1-2-3-4-5-6-7-8-9-11-17-12-13-18-19(16-17)24-20(23-18)22-15-10-14-21;/h12-13,16H,2-11,14-15,21H2,1H3,(H,22,23);1H. The van der Waals surface area contributed by atoms with Crippen molar-refractivity contribution in [1.82, 2.24) is 4.98 Å². The van der Waals surface area contributed by atoms with Gasteiger partial charge in [0.05, 0.1) is 10.2 Å². The van der Waals surface area contributed by atoms with Crippen molar-refractivity contribution in [3.05, 3.63) is 23.8 Å². The number of rotatable bonds is 13. The van der Waals surface area contributed by atoms with E-state index in [2.05, 4.69) is 35.4 Å². The molecule has 0 amide bonds. The zero-order valence-corrected chi connectivity index (χ0v) is 17.2. The molecule has 0 atom stereocenters. The monoisotopic (exact) mass is 383 g/mol. The molecule has 0 fully saturated rings. The minimum atomic E-state index is 0. The van der Waals surface area contributed by atoms with Crippen molar-refractivity contribution in [2.75, 3.05) is 18.4 Å². The maximum absolute atomic E-state index is 5.53. The van der Waals surface area contributed by atoms with E-state index in [1.54, 1.807) is 11.3 Å². The van der Waals surface area contributed by atoms with Gasteiger partial charge in [0.25, 0.3) is 0 Å². The van der Waals surface area contributed by atoms with E-state index >= 15 is 0 Å². The fraction of sp³-hybridized carbons (Fsp3) is 0.650. The maximum atomic E-state index is 5.53. The molecular weight excluding hydrogens is 350 g/mol. The van der Waals surface area contributed by atoms with Crippen LogP contribution in [0.3, 0.4) is 0 Å². The number of aryl methyl sites for hydroxylation is 1. The van der Waals surface area contributed by atoms with Crippen LogP contribution in [-0.4, -0.2) is 18.1 Å². The van der Waals surface area contributed by atoms with Crippen LogP contribution >= 0.6 is 23.7 Å². The summed E-state index contributed by atoms with van der Waals surface area (Å²) < 4.78 is 1.29. The Morgan fingerprint density at radius 2 is 1.72 bits per heavy atom. The number of anilines is 1. The molecule has 0 aliphatic heterocycles. The summed E-state index contributed by atoms with van der Waals surface area (Å²) in [5, 5.41) is 4.38. The highest BCUT2D eigenvalue weighted by molar-refractivity contribution is 7.22. The number of thiazole rings is 1. The minimum Gasteiger partial charge on any atom is -0.361 e. The number of hydrogen-bond acceptors (Lipinski definition) is 4. The largest absolute Gasteiger partial charge is 0.361 e. The SMILES string of the molecule is CCCCCCCCCCc1ccc2nc(NCCCN)sc2c1.Cl. The van der Waals surface area contributed by atoms with Gasteiger partial charge in [0.1, 0.15) is 0 Å². The van der Waals surface area contributed by atoms with Crippen LogP contribution in [0.2, 0.25) is 0 Å². The number of nitrogens with two attached hydrogens (primary N) is 1. The summed E-state index contributed by atoms with van der Waals surface area (Å²) in [6.07, 6.45) is 13.2. The molecule has 3 nitrogen and oxygen atoms in total. The molecule has 5 heteroatoms. The van der Waals surface area contributed by atoms with Crippen molar-refractivity contribution in [2.24, 2.45) is 5.73 Å². The Bertz CT molecular complexity index is 585. The van der Waals surface area contributed by atoms with E-state index in [0.29, 0.717) is 0 Å². The van der Waals surface area contributed by atoms with Gasteiger partial charge in [-0.25, -0.2) is 4.98 Å². The normalized spacial score (nSPS) is 10.8. The number of nitrogens with one attached hydrogen (secondary N) is 1. The molecule has 2 aromatic rings. The van der Waals surface area contributed by atoms with Gasteiger partial charge in [-0.15, -0.1) is 12.4 Å². The van der Waals surface area contributed by atoms with Gasteiger partial charge in [-0.1, -0.05) is 69.3 Å². The topological polar surface area (TPSA) is 50.9 Å². The average Bonchev–Trinajstić information content (AvgIpc) is 2.99. The van der Waals surface area contributed by atoms with Crippen molar-refractivity contribution in [3.63, 3.8) is 0 Å². The Morgan fingerprint density at radius 1 is 1.00 bits per heavy atom.